The van der Waals surface area contributed by atoms with Crippen LogP contribution < -0.4 is 5.32 Å². The quantitative estimate of drug-likeness (QED) is 0.785. The Hall–Kier alpha value is -2.33. The van der Waals surface area contributed by atoms with E-state index in [0.717, 1.165) is 28.6 Å². The van der Waals surface area contributed by atoms with Crippen LogP contribution in [0.3, 0.4) is 0 Å². The molecule has 0 radical (unpaired) electrons. The molecule has 0 bridgehead atoms. The summed E-state index contributed by atoms with van der Waals surface area (Å²) in [5, 5.41) is 3.52. The summed E-state index contributed by atoms with van der Waals surface area (Å²) >= 11 is 6.05. The highest BCUT2D eigenvalue weighted by Crippen LogP contribution is 2.16. The van der Waals surface area contributed by atoms with Gasteiger partial charge in [-0.15, -0.1) is 0 Å². The summed E-state index contributed by atoms with van der Waals surface area (Å²) in [7, 11) is 0. The van der Waals surface area contributed by atoms with E-state index in [9.17, 15) is 4.79 Å². The van der Waals surface area contributed by atoms with E-state index >= 15 is 0 Å². The number of hydrogen-bond donors (Lipinski definition) is 1. The van der Waals surface area contributed by atoms with Crippen LogP contribution in [0.1, 0.15) is 11.1 Å². The number of nitrogens with zero attached hydrogens (tertiary/aromatic N) is 1. The number of aromatic nitrogens is 1. The molecular weight excluding hydrogens is 300 g/mol. The molecule has 0 spiro atoms. The molecule has 3 rings (SSSR count). The first-order valence-corrected chi connectivity index (χ1v) is 7.42. The number of amides is 1. The van der Waals surface area contributed by atoms with Crippen LogP contribution in [0, 0.1) is 0 Å². The van der Waals surface area contributed by atoms with Crippen LogP contribution in [-0.4, -0.2) is 17.4 Å². The number of carbonyl (C=O) groups is 1. The maximum atomic E-state index is 11.9. The molecule has 1 amide bonds. The number of hydrogen-bond acceptors (Lipinski definition) is 3. The number of fused-ring (bicyclic) bond motifs is 1. The number of rotatable bonds is 5. The molecule has 4 nitrogen and oxygen atoms in total. The lowest BCUT2D eigenvalue weighted by molar-refractivity contribution is -0.120. The molecule has 3 aromatic rings. The third kappa shape index (κ3) is 3.46. The Morgan fingerprint density at radius 1 is 1.23 bits per heavy atom. The van der Waals surface area contributed by atoms with Crippen molar-refractivity contribution < 1.29 is 9.21 Å². The Bertz CT molecular complexity index is 798. The fraction of sp³-hybridized carbons (Fsp3) is 0.176. The van der Waals surface area contributed by atoms with E-state index in [0.29, 0.717) is 18.0 Å². The summed E-state index contributed by atoms with van der Waals surface area (Å²) in [6.45, 7) is 0.572. The normalized spacial score (nSPS) is 10.8. The molecule has 1 aromatic heterocycles. The van der Waals surface area contributed by atoms with Gasteiger partial charge in [-0.3, -0.25) is 4.79 Å². The van der Waals surface area contributed by atoms with Gasteiger partial charge in [-0.2, -0.15) is 0 Å². The van der Waals surface area contributed by atoms with Crippen molar-refractivity contribution in [3.8, 4) is 0 Å². The van der Waals surface area contributed by atoms with Gasteiger partial charge in [0, 0.05) is 11.6 Å². The maximum Gasteiger partial charge on any atom is 0.224 e. The molecule has 0 aliphatic rings. The molecule has 5 heteroatoms. The minimum atomic E-state index is -0.0335. The number of benzene rings is 2. The highest BCUT2D eigenvalue weighted by molar-refractivity contribution is 6.31. The van der Waals surface area contributed by atoms with Crippen molar-refractivity contribution in [2.45, 2.75) is 12.8 Å². The van der Waals surface area contributed by atoms with Gasteiger partial charge in [-0.25, -0.2) is 4.98 Å². The Morgan fingerprint density at radius 2 is 2.09 bits per heavy atom. The van der Waals surface area contributed by atoms with Gasteiger partial charge in [0.05, 0.1) is 6.42 Å². The number of carbonyl (C=O) groups excluding carboxylic acids is 1. The Morgan fingerprint density at radius 3 is 2.95 bits per heavy atom. The van der Waals surface area contributed by atoms with Crippen LogP contribution in [0.2, 0.25) is 5.02 Å². The second-order valence-corrected chi connectivity index (χ2v) is 5.43. The number of halogens is 1. The van der Waals surface area contributed by atoms with Gasteiger partial charge in [0.1, 0.15) is 5.52 Å². The average Bonchev–Trinajstić information content (AvgIpc) is 2.97. The predicted molar refractivity (Wildman–Crippen MR) is 85.9 cm³/mol. The first kappa shape index (κ1) is 14.6. The zero-order chi connectivity index (χ0) is 15.4. The van der Waals surface area contributed by atoms with Gasteiger partial charge in [0.15, 0.2) is 12.0 Å². The summed E-state index contributed by atoms with van der Waals surface area (Å²) in [5.74, 6) is -0.0335. The predicted octanol–water partition coefficient (Wildman–Crippen LogP) is 3.38. The first-order chi connectivity index (χ1) is 10.7. The van der Waals surface area contributed by atoms with Gasteiger partial charge in [0.25, 0.3) is 0 Å². The molecule has 112 valence electrons. The van der Waals surface area contributed by atoms with Crippen molar-refractivity contribution in [1.29, 1.82) is 0 Å². The van der Waals surface area contributed by atoms with Crippen molar-refractivity contribution in [1.82, 2.24) is 10.3 Å². The lowest BCUT2D eigenvalue weighted by Crippen LogP contribution is -2.27. The van der Waals surface area contributed by atoms with E-state index in [1.807, 2.05) is 36.4 Å². The molecule has 0 saturated carbocycles. The van der Waals surface area contributed by atoms with E-state index in [1.54, 1.807) is 6.07 Å². The van der Waals surface area contributed by atoms with Crippen LogP contribution in [0.5, 0.6) is 0 Å². The summed E-state index contributed by atoms with van der Waals surface area (Å²) in [6, 6.07) is 13.2. The van der Waals surface area contributed by atoms with Gasteiger partial charge >= 0.3 is 0 Å². The second-order valence-electron chi connectivity index (χ2n) is 5.02. The average molecular weight is 315 g/mol. The minimum Gasteiger partial charge on any atom is -0.443 e. The summed E-state index contributed by atoms with van der Waals surface area (Å²) in [4.78, 5) is 16.0. The summed E-state index contributed by atoms with van der Waals surface area (Å²) in [6.07, 6.45) is 2.46. The zero-order valence-corrected chi connectivity index (χ0v) is 12.6. The lowest BCUT2D eigenvalue weighted by Gasteiger charge is -2.06. The van der Waals surface area contributed by atoms with Crippen molar-refractivity contribution in [2.75, 3.05) is 6.54 Å². The third-order valence-corrected chi connectivity index (χ3v) is 3.81. The third-order valence-electron chi connectivity index (χ3n) is 3.44. The highest BCUT2D eigenvalue weighted by atomic mass is 35.5. The molecular formula is C17H15ClN2O2. The van der Waals surface area contributed by atoms with E-state index < -0.39 is 0 Å². The monoisotopic (exact) mass is 314 g/mol. The largest absolute Gasteiger partial charge is 0.443 e. The SMILES string of the molecule is O=C(Cc1ccccc1Cl)NCCc1ccc2ncoc2c1. The van der Waals surface area contributed by atoms with Crippen LogP contribution in [0.15, 0.2) is 53.3 Å². The fourth-order valence-electron chi connectivity index (χ4n) is 2.28. The molecule has 0 fully saturated rings. The maximum absolute atomic E-state index is 11.9. The van der Waals surface area contributed by atoms with Gasteiger partial charge < -0.3 is 9.73 Å². The van der Waals surface area contributed by atoms with E-state index in [4.69, 9.17) is 16.0 Å². The molecule has 2 aromatic carbocycles. The van der Waals surface area contributed by atoms with Crippen molar-refractivity contribution in [2.24, 2.45) is 0 Å². The van der Waals surface area contributed by atoms with Gasteiger partial charge in [-0.05, 0) is 35.7 Å². The summed E-state index contributed by atoms with van der Waals surface area (Å²) < 4.78 is 5.27. The van der Waals surface area contributed by atoms with E-state index in [-0.39, 0.29) is 5.91 Å². The standard InChI is InChI=1S/C17H15ClN2O2/c18-14-4-2-1-3-13(14)10-17(21)19-8-7-12-5-6-15-16(9-12)22-11-20-15/h1-6,9,11H,7-8,10H2,(H,19,21). The number of nitrogens with one attached hydrogen (secondary N) is 1. The molecule has 22 heavy (non-hydrogen) atoms. The van der Waals surface area contributed by atoms with Crippen molar-refractivity contribution in [3.05, 3.63) is 65.0 Å². The topological polar surface area (TPSA) is 55.1 Å². The Labute approximate surface area is 133 Å². The summed E-state index contributed by atoms with van der Waals surface area (Å²) in [5.41, 5.74) is 3.54. The molecule has 0 aliphatic carbocycles. The van der Waals surface area contributed by atoms with Gasteiger partial charge in [0.2, 0.25) is 5.91 Å². The Balaban J connectivity index is 1.52. The fourth-order valence-corrected chi connectivity index (χ4v) is 2.48. The molecule has 1 heterocycles. The molecule has 0 atom stereocenters. The molecule has 0 saturated heterocycles. The molecule has 0 aliphatic heterocycles. The van der Waals surface area contributed by atoms with Crippen molar-refractivity contribution >= 4 is 28.6 Å². The van der Waals surface area contributed by atoms with Crippen LogP contribution >= 0.6 is 11.6 Å². The smallest absolute Gasteiger partial charge is 0.224 e. The highest BCUT2D eigenvalue weighted by Gasteiger charge is 2.06. The van der Waals surface area contributed by atoms with Crippen LogP contribution in [0.4, 0.5) is 0 Å². The zero-order valence-electron chi connectivity index (χ0n) is 11.9. The van der Waals surface area contributed by atoms with E-state index in [1.165, 1.54) is 6.39 Å². The first-order valence-electron chi connectivity index (χ1n) is 7.04. The Kier molecular flexibility index (Phi) is 4.39. The molecule has 0 unspecified atom stereocenters. The van der Waals surface area contributed by atoms with Crippen LogP contribution in [-0.2, 0) is 17.6 Å². The molecule has 1 N–H and O–H groups in total. The number of oxazole rings is 1. The van der Waals surface area contributed by atoms with E-state index in [2.05, 4.69) is 10.3 Å². The minimum absolute atomic E-state index is 0.0335. The lowest BCUT2D eigenvalue weighted by atomic mass is 10.1. The van der Waals surface area contributed by atoms with Crippen molar-refractivity contribution in [3.63, 3.8) is 0 Å². The van der Waals surface area contributed by atoms with Gasteiger partial charge in [-0.1, -0.05) is 35.9 Å². The van der Waals surface area contributed by atoms with Crippen LogP contribution in [0.25, 0.3) is 11.1 Å². The second kappa shape index (κ2) is 6.62.